The Morgan fingerprint density at radius 2 is 1.69 bits per heavy atom. The van der Waals surface area contributed by atoms with Gasteiger partial charge >= 0.3 is 0 Å². The molecule has 2 aromatic rings. The molecule has 146 valence electrons. The molecule has 5 rings (SSSR count). The molecule has 3 aliphatic rings. The lowest BCUT2D eigenvalue weighted by atomic mass is 9.66. The van der Waals surface area contributed by atoms with Crippen LogP contribution in [0.5, 0.6) is 11.5 Å². The van der Waals surface area contributed by atoms with Crippen LogP contribution in [0.1, 0.15) is 54.1 Å². The Labute approximate surface area is 168 Å². The molecule has 29 heavy (non-hydrogen) atoms. The minimum Gasteiger partial charge on any atom is -0.508 e. The smallest absolute Gasteiger partial charge is 0.173 e. The fraction of sp³-hybridized carbons (Fsp3) is 0.292. The maximum Gasteiger partial charge on any atom is 0.173 e. The summed E-state index contributed by atoms with van der Waals surface area (Å²) in [5.41, 5.74) is 3.57. The Morgan fingerprint density at radius 3 is 2.41 bits per heavy atom. The fourth-order valence-electron chi connectivity index (χ4n) is 5.02. The number of aliphatic imine (C=N–C) groups is 1. The molecule has 0 aromatic heterocycles. The Kier molecular flexibility index (Phi) is 3.63. The molecule has 1 heterocycles. The number of hydrogen-bond acceptors (Lipinski definition) is 5. The number of phenolic OH excluding ortho intramolecular Hbond substituents is 2. The van der Waals surface area contributed by atoms with Gasteiger partial charge < -0.3 is 10.2 Å². The topological polar surface area (TPSA) is 87.0 Å². The van der Waals surface area contributed by atoms with Crippen LogP contribution in [0.15, 0.2) is 58.7 Å². The van der Waals surface area contributed by atoms with Crippen molar-refractivity contribution in [2.24, 2.45) is 16.3 Å². The average molecular weight is 387 g/mol. The summed E-state index contributed by atoms with van der Waals surface area (Å²) >= 11 is 0. The van der Waals surface area contributed by atoms with Gasteiger partial charge in [0.15, 0.2) is 11.6 Å². The van der Waals surface area contributed by atoms with Gasteiger partial charge in [0.1, 0.15) is 11.5 Å². The van der Waals surface area contributed by atoms with E-state index in [4.69, 9.17) is 4.99 Å². The number of ketones is 2. The number of nitrogens with zero attached hydrogens (tertiary/aromatic N) is 1. The summed E-state index contributed by atoms with van der Waals surface area (Å²) in [5.74, 6) is -1.55. The summed E-state index contributed by atoms with van der Waals surface area (Å²) in [5, 5.41) is 20.3. The zero-order chi connectivity index (χ0) is 20.5. The first-order valence-electron chi connectivity index (χ1n) is 9.77. The highest BCUT2D eigenvalue weighted by Gasteiger charge is 2.50. The number of fused-ring (bicyclic) bond motifs is 3. The molecule has 0 fully saturated rings. The van der Waals surface area contributed by atoms with Crippen LogP contribution in [0, 0.1) is 11.3 Å². The van der Waals surface area contributed by atoms with Crippen molar-refractivity contribution < 1.29 is 19.8 Å². The van der Waals surface area contributed by atoms with Crippen LogP contribution in [0.3, 0.4) is 0 Å². The molecular formula is C24H21NO4. The number of carbonyl (C=O) groups excluding carboxylic acids is 2. The van der Waals surface area contributed by atoms with Crippen LogP contribution in [0.2, 0.25) is 0 Å². The largest absolute Gasteiger partial charge is 0.508 e. The highest BCUT2D eigenvalue weighted by Crippen LogP contribution is 2.52. The molecule has 5 nitrogen and oxygen atoms in total. The highest BCUT2D eigenvalue weighted by atomic mass is 16.3. The number of phenols is 2. The second-order valence-corrected chi connectivity index (χ2v) is 8.91. The first-order chi connectivity index (χ1) is 13.8. The van der Waals surface area contributed by atoms with Crippen LogP contribution >= 0.6 is 0 Å². The predicted molar refractivity (Wildman–Crippen MR) is 108 cm³/mol. The lowest BCUT2D eigenvalue weighted by Crippen LogP contribution is -2.37. The standard InChI is InChI=1S/C24H21NO4/c1-24(2)10-16-20(18(28)11-24)19(15-8-7-12(26)9-17(15)27)21-22(25-16)13-5-3-4-6-14(13)23(21)29/h3-9,19,21,26-27H,10-11H2,1-2H3/t19-,21+/m0/s1. The fourth-order valence-corrected chi connectivity index (χ4v) is 5.02. The Morgan fingerprint density at radius 1 is 0.966 bits per heavy atom. The third-order valence-electron chi connectivity index (χ3n) is 6.19. The van der Waals surface area contributed by atoms with Crippen molar-refractivity contribution in [3.05, 3.63) is 70.4 Å². The van der Waals surface area contributed by atoms with E-state index in [0.717, 1.165) is 5.56 Å². The van der Waals surface area contributed by atoms with E-state index >= 15 is 0 Å². The van der Waals surface area contributed by atoms with E-state index in [1.165, 1.54) is 12.1 Å². The first-order valence-corrected chi connectivity index (χ1v) is 9.77. The van der Waals surface area contributed by atoms with Crippen LogP contribution < -0.4 is 0 Å². The van der Waals surface area contributed by atoms with Crippen molar-refractivity contribution in [1.29, 1.82) is 0 Å². The third kappa shape index (κ3) is 2.57. The summed E-state index contributed by atoms with van der Waals surface area (Å²) in [7, 11) is 0. The highest BCUT2D eigenvalue weighted by molar-refractivity contribution is 6.30. The van der Waals surface area contributed by atoms with Crippen LogP contribution in [-0.2, 0) is 4.79 Å². The van der Waals surface area contributed by atoms with E-state index in [1.54, 1.807) is 12.1 Å². The molecule has 0 radical (unpaired) electrons. The van der Waals surface area contributed by atoms with Gasteiger partial charge in [0.2, 0.25) is 0 Å². The van der Waals surface area contributed by atoms with Gasteiger partial charge in [0, 0.05) is 46.4 Å². The van der Waals surface area contributed by atoms with Crippen LogP contribution in [-0.4, -0.2) is 27.5 Å². The van der Waals surface area contributed by atoms with Crippen molar-refractivity contribution in [3.8, 4) is 11.5 Å². The number of carbonyl (C=O) groups is 2. The van der Waals surface area contributed by atoms with Crippen LogP contribution in [0.4, 0.5) is 0 Å². The zero-order valence-corrected chi connectivity index (χ0v) is 16.3. The molecule has 0 spiro atoms. The molecule has 0 saturated heterocycles. The van der Waals surface area contributed by atoms with Gasteiger partial charge in [0.25, 0.3) is 0 Å². The van der Waals surface area contributed by atoms with E-state index in [1.807, 2.05) is 32.0 Å². The van der Waals surface area contributed by atoms with Gasteiger partial charge in [-0.15, -0.1) is 0 Å². The van der Waals surface area contributed by atoms with Crippen molar-refractivity contribution in [3.63, 3.8) is 0 Å². The van der Waals surface area contributed by atoms with Gasteiger partial charge in [-0.2, -0.15) is 0 Å². The molecule has 0 saturated carbocycles. The van der Waals surface area contributed by atoms with Crippen molar-refractivity contribution in [1.82, 2.24) is 0 Å². The predicted octanol–water partition coefficient (Wildman–Crippen LogP) is 4.14. The normalized spacial score (nSPS) is 24.7. The number of allylic oxidation sites excluding steroid dienone is 2. The van der Waals surface area contributed by atoms with Crippen LogP contribution in [0.25, 0.3) is 0 Å². The molecule has 0 unspecified atom stereocenters. The second-order valence-electron chi connectivity index (χ2n) is 8.91. The number of hydrogen-bond donors (Lipinski definition) is 2. The zero-order valence-electron chi connectivity index (χ0n) is 16.3. The lowest BCUT2D eigenvalue weighted by molar-refractivity contribution is -0.118. The van der Waals surface area contributed by atoms with E-state index in [0.29, 0.717) is 41.0 Å². The average Bonchev–Trinajstić information content (AvgIpc) is 2.92. The SMILES string of the molecule is CC1(C)CC(=O)C2=C(C1)N=C1c3ccccc3C(=O)[C@@H]1[C@H]2c1ccc(O)cc1O. The van der Waals surface area contributed by atoms with Gasteiger partial charge in [0.05, 0.1) is 11.6 Å². The number of Topliss-reactive ketones (excluding diaryl/α,β-unsaturated/α-hetero) is 2. The Hall–Kier alpha value is -3.21. The van der Waals surface area contributed by atoms with E-state index in [9.17, 15) is 19.8 Å². The van der Waals surface area contributed by atoms with E-state index in [2.05, 4.69) is 0 Å². The lowest BCUT2D eigenvalue weighted by Gasteiger charge is -2.38. The monoisotopic (exact) mass is 387 g/mol. The second kappa shape index (κ2) is 5.89. The van der Waals surface area contributed by atoms with Gasteiger partial charge in [-0.3, -0.25) is 14.6 Å². The van der Waals surface area contributed by atoms with Crippen molar-refractivity contribution in [2.45, 2.75) is 32.6 Å². The molecule has 2 aromatic carbocycles. The van der Waals surface area contributed by atoms with Gasteiger partial charge in [-0.1, -0.05) is 44.2 Å². The minimum atomic E-state index is -0.647. The Balaban J connectivity index is 1.79. The molecule has 2 aliphatic carbocycles. The molecule has 2 atom stereocenters. The third-order valence-corrected chi connectivity index (χ3v) is 6.19. The Bertz CT molecular complexity index is 1160. The first kappa shape index (κ1) is 17.9. The molecule has 2 N–H and O–H groups in total. The quantitative estimate of drug-likeness (QED) is 0.770. The maximum atomic E-state index is 13.4. The maximum absolute atomic E-state index is 13.4. The summed E-state index contributed by atoms with van der Waals surface area (Å²) in [6.45, 7) is 4.09. The van der Waals surface area contributed by atoms with Crippen molar-refractivity contribution in [2.75, 3.05) is 0 Å². The number of aromatic hydroxyl groups is 2. The summed E-state index contributed by atoms with van der Waals surface area (Å²) < 4.78 is 0. The number of rotatable bonds is 1. The molecule has 0 bridgehead atoms. The van der Waals surface area contributed by atoms with Gasteiger partial charge in [-0.05, 0) is 17.9 Å². The summed E-state index contributed by atoms with van der Waals surface area (Å²) in [6, 6.07) is 11.7. The molecule has 0 amide bonds. The van der Waals surface area contributed by atoms with Crippen molar-refractivity contribution >= 4 is 17.3 Å². The molecular weight excluding hydrogens is 366 g/mol. The van der Waals surface area contributed by atoms with E-state index in [-0.39, 0.29) is 28.5 Å². The molecule has 5 heteroatoms. The minimum absolute atomic E-state index is 0.0275. The molecule has 1 aliphatic heterocycles. The summed E-state index contributed by atoms with van der Waals surface area (Å²) in [6.07, 6.45) is 1.01. The number of benzene rings is 2. The summed E-state index contributed by atoms with van der Waals surface area (Å²) in [4.78, 5) is 31.4. The van der Waals surface area contributed by atoms with E-state index < -0.39 is 11.8 Å². The van der Waals surface area contributed by atoms with Gasteiger partial charge in [-0.25, -0.2) is 0 Å².